The Bertz CT molecular complexity index is 311. The van der Waals surface area contributed by atoms with E-state index in [2.05, 4.69) is 41.0 Å². The molecule has 1 heterocycles. The van der Waals surface area contributed by atoms with E-state index in [0.29, 0.717) is 0 Å². The molecule has 1 aromatic rings. The van der Waals surface area contributed by atoms with Crippen LogP contribution in [-0.2, 0) is 6.42 Å². The van der Waals surface area contributed by atoms with E-state index in [0.717, 1.165) is 37.0 Å². The SMILES string of the molecule is CCNc1cc(N(C)CC)nc(CC)n1. The molecule has 0 spiro atoms. The van der Waals surface area contributed by atoms with Gasteiger partial charge in [0.25, 0.3) is 0 Å². The Balaban J connectivity index is 2.99. The first-order chi connectivity index (χ1) is 7.21. The Kier molecular flexibility index (Phi) is 4.34. The zero-order chi connectivity index (χ0) is 11.3. The third kappa shape index (κ3) is 3.08. The highest BCUT2D eigenvalue weighted by atomic mass is 15.2. The molecule has 15 heavy (non-hydrogen) atoms. The largest absolute Gasteiger partial charge is 0.370 e. The first-order valence-corrected chi connectivity index (χ1v) is 5.54. The van der Waals surface area contributed by atoms with Crippen molar-refractivity contribution in [1.29, 1.82) is 0 Å². The number of aromatic nitrogens is 2. The van der Waals surface area contributed by atoms with Crippen molar-refractivity contribution >= 4 is 11.6 Å². The van der Waals surface area contributed by atoms with Gasteiger partial charge in [-0.25, -0.2) is 9.97 Å². The lowest BCUT2D eigenvalue weighted by Crippen LogP contribution is -2.18. The molecule has 0 fully saturated rings. The molecule has 1 aromatic heterocycles. The smallest absolute Gasteiger partial charge is 0.134 e. The van der Waals surface area contributed by atoms with Crippen LogP contribution in [0.1, 0.15) is 26.6 Å². The quantitative estimate of drug-likeness (QED) is 0.802. The van der Waals surface area contributed by atoms with E-state index in [1.54, 1.807) is 0 Å². The second-order valence-electron chi connectivity index (χ2n) is 3.43. The highest BCUT2D eigenvalue weighted by Gasteiger charge is 2.05. The van der Waals surface area contributed by atoms with Crippen LogP contribution in [0.25, 0.3) is 0 Å². The highest BCUT2D eigenvalue weighted by molar-refractivity contribution is 5.48. The van der Waals surface area contributed by atoms with Crippen molar-refractivity contribution in [2.24, 2.45) is 0 Å². The lowest BCUT2D eigenvalue weighted by atomic mass is 10.4. The van der Waals surface area contributed by atoms with E-state index < -0.39 is 0 Å². The molecule has 0 amide bonds. The molecule has 0 saturated carbocycles. The van der Waals surface area contributed by atoms with Gasteiger partial charge in [-0.15, -0.1) is 0 Å². The summed E-state index contributed by atoms with van der Waals surface area (Å²) in [5.74, 6) is 2.80. The van der Waals surface area contributed by atoms with E-state index in [1.807, 2.05) is 13.1 Å². The molecule has 1 N–H and O–H groups in total. The summed E-state index contributed by atoms with van der Waals surface area (Å²) in [5.41, 5.74) is 0. The molecule has 0 aliphatic carbocycles. The van der Waals surface area contributed by atoms with E-state index in [-0.39, 0.29) is 0 Å². The number of hydrogen-bond donors (Lipinski definition) is 1. The lowest BCUT2D eigenvalue weighted by Gasteiger charge is -2.17. The van der Waals surface area contributed by atoms with Crippen molar-refractivity contribution in [3.8, 4) is 0 Å². The second kappa shape index (κ2) is 5.53. The van der Waals surface area contributed by atoms with Gasteiger partial charge in [-0.1, -0.05) is 6.92 Å². The topological polar surface area (TPSA) is 41.0 Å². The molecule has 0 aliphatic heterocycles. The van der Waals surface area contributed by atoms with E-state index in [4.69, 9.17) is 0 Å². The molecule has 4 heteroatoms. The molecule has 0 aromatic carbocycles. The average molecular weight is 208 g/mol. The standard InChI is InChI=1S/C11H20N4/c1-5-9-13-10(12-6-2)8-11(14-9)15(4)7-3/h8H,5-7H2,1-4H3,(H,12,13,14). The Morgan fingerprint density at radius 2 is 2.00 bits per heavy atom. The maximum atomic E-state index is 4.48. The van der Waals surface area contributed by atoms with Crippen LogP contribution in [0.15, 0.2) is 6.07 Å². The fraction of sp³-hybridized carbons (Fsp3) is 0.636. The van der Waals surface area contributed by atoms with Crippen molar-refractivity contribution in [2.75, 3.05) is 30.4 Å². The summed E-state index contributed by atoms with van der Waals surface area (Å²) in [5, 5.41) is 3.22. The van der Waals surface area contributed by atoms with Crippen molar-refractivity contribution in [3.63, 3.8) is 0 Å². The Labute approximate surface area is 91.7 Å². The highest BCUT2D eigenvalue weighted by Crippen LogP contribution is 2.14. The van der Waals surface area contributed by atoms with E-state index in [1.165, 1.54) is 0 Å². The molecule has 0 saturated heterocycles. The average Bonchev–Trinajstić information content (AvgIpc) is 2.28. The summed E-state index contributed by atoms with van der Waals surface area (Å²) in [6.45, 7) is 8.08. The summed E-state index contributed by atoms with van der Waals surface area (Å²) in [6, 6.07) is 1.99. The molecule has 84 valence electrons. The number of anilines is 2. The maximum absolute atomic E-state index is 4.48. The zero-order valence-corrected chi connectivity index (χ0v) is 10.0. The molecule has 0 aliphatic rings. The summed E-state index contributed by atoms with van der Waals surface area (Å²) in [6.07, 6.45) is 0.865. The predicted octanol–water partition coefficient (Wildman–Crippen LogP) is 1.93. The van der Waals surface area contributed by atoms with Crippen LogP contribution in [0, 0.1) is 0 Å². The van der Waals surface area contributed by atoms with Crippen LogP contribution in [-0.4, -0.2) is 30.1 Å². The molecule has 0 unspecified atom stereocenters. The summed E-state index contributed by atoms with van der Waals surface area (Å²) < 4.78 is 0. The van der Waals surface area contributed by atoms with E-state index >= 15 is 0 Å². The van der Waals surface area contributed by atoms with Crippen LogP contribution < -0.4 is 10.2 Å². The molecule has 4 nitrogen and oxygen atoms in total. The predicted molar refractivity (Wildman–Crippen MR) is 64.5 cm³/mol. The van der Waals surface area contributed by atoms with Gasteiger partial charge in [0.1, 0.15) is 17.5 Å². The van der Waals surface area contributed by atoms with Gasteiger partial charge in [-0.3, -0.25) is 0 Å². The first-order valence-electron chi connectivity index (χ1n) is 5.54. The van der Waals surface area contributed by atoms with Gasteiger partial charge in [0, 0.05) is 32.6 Å². The van der Waals surface area contributed by atoms with Crippen molar-refractivity contribution in [1.82, 2.24) is 9.97 Å². The number of nitrogens with zero attached hydrogens (tertiary/aromatic N) is 3. The minimum absolute atomic E-state index is 0.865. The number of rotatable bonds is 5. The fourth-order valence-electron chi connectivity index (χ4n) is 1.27. The van der Waals surface area contributed by atoms with E-state index in [9.17, 15) is 0 Å². The summed E-state index contributed by atoms with van der Waals surface area (Å²) in [4.78, 5) is 11.0. The summed E-state index contributed by atoms with van der Waals surface area (Å²) in [7, 11) is 2.04. The van der Waals surface area contributed by atoms with Crippen LogP contribution in [0.5, 0.6) is 0 Å². The zero-order valence-electron chi connectivity index (χ0n) is 10.0. The third-order valence-electron chi connectivity index (χ3n) is 2.30. The van der Waals surface area contributed by atoms with Crippen molar-refractivity contribution in [3.05, 3.63) is 11.9 Å². The van der Waals surface area contributed by atoms with Crippen molar-refractivity contribution < 1.29 is 0 Å². The second-order valence-corrected chi connectivity index (χ2v) is 3.43. The molecular weight excluding hydrogens is 188 g/mol. The maximum Gasteiger partial charge on any atom is 0.134 e. The molecular formula is C11H20N4. The number of nitrogens with one attached hydrogen (secondary N) is 1. The van der Waals surface area contributed by atoms with Gasteiger partial charge in [0.05, 0.1) is 0 Å². The van der Waals surface area contributed by atoms with Crippen LogP contribution in [0.4, 0.5) is 11.6 Å². The van der Waals surface area contributed by atoms with Crippen molar-refractivity contribution in [2.45, 2.75) is 27.2 Å². The minimum Gasteiger partial charge on any atom is -0.370 e. The van der Waals surface area contributed by atoms with Gasteiger partial charge >= 0.3 is 0 Å². The van der Waals surface area contributed by atoms with Gasteiger partial charge in [-0.2, -0.15) is 0 Å². The van der Waals surface area contributed by atoms with Crippen LogP contribution >= 0.6 is 0 Å². The Morgan fingerprint density at radius 3 is 2.53 bits per heavy atom. The molecule has 1 rings (SSSR count). The number of hydrogen-bond acceptors (Lipinski definition) is 4. The monoisotopic (exact) mass is 208 g/mol. The fourth-order valence-corrected chi connectivity index (χ4v) is 1.27. The number of aryl methyl sites for hydroxylation is 1. The normalized spacial score (nSPS) is 10.1. The van der Waals surface area contributed by atoms with Crippen LogP contribution in [0.2, 0.25) is 0 Å². The molecule has 0 atom stereocenters. The Morgan fingerprint density at radius 1 is 1.27 bits per heavy atom. The lowest BCUT2D eigenvalue weighted by molar-refractivity contribution is 0.880. The first kappa shape index (κ1) is 11.8. The summed E-state index contributed by atoms with van der Waals surface area (Å²) >= 11 is 0. The minimum atomic E-state index is 0.865. The van der Waals surface area contributed by atoms with Gasteiger partial charge in [0.15, 0.2) is 0 Å². The van der Waals surface area contributed by atoms with Gasteiger partial charge < -0.3 is 10.2 Å². The Hall–Kier alpha value is -1.32. The molecule has 0 bridgehead atoms. The van der Waals surface area contributed by atoms with Gasteiger partial charge in [0.2, 0.25) is 0 Å². The van der Waals surface area contributed by atoms with Gasteiger partial charge in [-0.05, 0) is 13.8 Å². The third-order valence-corrected chi connectivity index (χ3v) is 2.30. The molecule has 0 radical (unpaired) electrons. The van der Waals surface area contributed by atoms with Crippen LogP contribution in [0.3, 0.4) is 0 Å².